The smallest absolute Gasteiger partial charge is 0.348 e. The number of H-pyrrole nitrogens is 1. The predicted molar refractivity (Wildman–Crippen MR) is 135 cm³/mol. The number of ketones is 1. The minimum Gasteiger partial charge on any atom is -0.348 e. The highest BCUT2D eigenvalue weighted by molar-refractivity contribution is 7.98. The van der Waals surface area contributed by atoms with Crippen molar-refractivity contribution in [2.75, 3.05) is 17.3 Å². The Morgan fingerprint density at radius 1 is 1.05 bits per heavy atom. The molecule has 206 valence electrons. The first-order valence-corrected chi connectivity index (χ1v) is 12.6. The molecule has 39 heavy (non-hydrogen) atoms. The van der Waals surface area contributed by atoms with Crippen LogP contribution in [0.2, 0.25) is 0 Å². The van der Waals surface area contributed by atoms with Crippen molar-refractivity contribution in [3.8, 4) is 11.1 Å². The van der Waals surface area contributed by atoms with Crippen LogP contribution in [0.5, 0.6) is 0 Å². The summed E-state index contributed by atoms with van der Waals surface area (Å²) in [5.41, 5.74) is 5.28. The summed E-state index contributed by atoms with van der Waals surface area (Å²) in [6.07, 6.45) is -1.18. The molecule has 3 aromatic rings. The van der Waals surface area contributed by atoms with E-state index in [1.807, 2.05) is 0 Å². The summed E-state index contributed by atoms with van der Waals surface area (Å²) >= 11 is 1.22. The van der Waals surface area contributed by atoms with Crippen LogP contribution in [0.4, 0.5) is 18.9 Å². The van der Waals surface area contributed by atoms with Gasteiger partial charge >= 0.3 is 18.1 Å². The lowest BCUT2D eigenvalue weighted by Crippen LogP contribution is -2.56. The maximum Gasteiger partial charge on any atom is 0.495 e. The molecule has 3 rings (SSSR count). The lowest BCUT2D eigenvalue weighted by Gasteiger charge is -2.26. The lowest BCUT2D eigenvalue weighted by atomic mass is 9.84. The Morgan fingerprint density at radius 3 is 2.36 bits per heavy atom. The number of hydrogen-bond donors (Lipinski definition) is 3. The Bertz CT molecular complexity index is 1340. The van der Waals surface area contributed by atoms with Gasteiger partial charge in [-0.3, -0.25) is 9.59 Å². The average molecular weight is 565 g/mol. The van der Waals surface area contributed by atoms with E-state index in [9.17, 15) is 32.3 Å². The second kappa shape index (κ2) is 12.6. The molecule has 0 radical (unpaired) electrons. The van der Waals surface area contributed by atoms with Gasteiger partial charge in [-0.15, -0.1) is 0 Å². The van der Waals surface area contributed by atoms with Gasteiger partial charge in [0.2, 0.25) is 5.91 Å². The molecule has 1 unspecified atom stereocenters. The van der Waals surface area contributed by atoms with Crippen molar-refractivity contribution in [1.29, 1.82) is 0 Å². The van der Waals surface area contributed by atoms with Crippen LogP contribution in [0.15, 0.2) is 61.1 Å². The number of aromatic amines is 1. The highest BCUT2D eigenvalue weighted by Crippen LogP contribution is 2.31. The van der Waals surface area contributed by atoms with E-state index in [1.54, 1.807) is 36.6 Å². The molecular weight excluding hydrogens is 541 g/mol. The molecule has 2 aromatic carbocycles. The molecule has 1 aromatic heterocycles. The molecule has 10 nitrogen and oxygen atoms in total. The summed E-state index contributed by atoms with van der Waals surface area (Å²) in [6, 6.07) is 12.7. The quantitative estimate of drug-likeness (QED) is 0.145. The number of Topliss-reactive ketones (excluding diaryl/α,β-unsaturated/α-hetero) is 1. The van der Waals surface area contributed by atoms with Gasteiger partial charge in [0.25, 0.3) is 0 Å². The normalized spacial score (nSPS) is 12.7. The zero-order valence-electron chi connectivity index (χ0n) is 20.4. The fourth-order valence-corrected chi connectivity index (χ4v) is 3.97. The number of amides is 1. The number of alkyl halides is 3. The molecule has 0 aliphatic heterocycles. The van der Waals surface area contributed by atoms with Gasteiger partial charge in [-0.25, -0.2) is 24.3 Å². The Morgan fingerprint density at radius 2 is 1.74 bits per heavy atom. The van der Waals surface area contributed by atoms with Crippen LogP contribution in [0.25, 0.3) is 11.1 Å². The van der Waals surface area contributed by atoms with Crippen molar-refractivity contribution in [3.63, 3.8) is 0 Å². The third kappa shape index (κ3) is 7.45. The topological polar surface area (TPSA) is 153 Å². The van der Waals surface area contributed by atoms with E-state index < -0.39 is 29.4 Å². The first kappa shape index (κ1) is 29.4. The van der Waals surface area contributed by atoms with Gasteiger partial charge in [-0.1, -0.05) is 30.3 Å². The van der Waals surface area contributed by atoms with Crippen LogP contribution in [0.3, 0.4) is 0 Å². The van der Waals surface area contributed by atoms with E-state index in [-0.39, 0.29) is 35.6 Å². The summed E-state index contributed by atoms with van der Waals surface area (Å²) in [5, 5.41) is 2.71. The van der Waals surface area contributed by atoms with Crippen LogP contribution in [-0.4, -0.2) is 57.3 Å². The molecule has 0 aliphatic carbocycles. The maximum absolute atomic E-state index is 13.7. The van der Waals surface area contributed by atoms with Gasteiger partial charge in [0.1, 0.15) is 0 Å². The summed E-state index contributed by atoms with van der Waals surface area (Å²) in [7, 11) is 0. The largest absolute Gasteiger partial charge is 0.495 e. The van der Waals surface area contributed by atoms with Crippen molar-refractivity contribution >= 4 is 41.1 Å². The molecule has 0 spiro atoms. The van der Waals surface area contributed by atoms with Gasteiger partial charge in [0.05, 0.1) is 12.7 Å². The van der Waals surface area contributed by atoms with Crippen molar-refractivity contribution in [2.45, 2.75) is 24.6 Å². The van der Waals surface area contributed by atoms with E-state index in [1.165, 1.54) is 42.5 Å². The van der Waals surface area contributed by atoms with E-state index in [0.717, 1.165) is 0 Å². The monoisotopic (exact) mass is 564 g/mol. The summed E-state index contributed by atoms with van der Waals surface area (Å²) < 4.78 is 37.5. The first-order chi connectivity index (χ1) is 18.5. The number of halogens is 3. The molecule has 1 atom stereocenters. The van der Waals surface area contributed by atoms with Crippen molar-refractivity contribution in [1.82, 2.24) is 9.97 Å². The second-order valence-corrected chi connectivity index (χ2v) is 9.20. The third-order valence-electron chi connectivity index (χ3n) is 5.43. The molecule has 1 amide bonds. The van der Waals surface area contributed by atoms with E-state index in [2.05, 4.69) is 25.1 Å². The van der Waals surface area contributed by atoms with E-state index >= 15 is 0 Å². The van der Waals surface area contributed by atoms with E-state index in [4.69, 9.17) is 5.73 Å². The van der Waals surface area contributed by atoms with Gasteiger partial charge in [0, 0.05) is 23.1 Å². The number of anilines is 1. The van der Waals surface area contributed by atoms with E-state index in [0.29, 0.717) is 16.9 Å². The van der Waals surface area contributed by atoms with Gasteiger partial charge < -0.3 is 16.0 Å². The van der Waals surface area contributed by atoms with Crippen LogP contribution in [0, 0.1) is 0 Å². The number of carbonyl (C=O) groups excluding carboxylic acids is 4. The minimum atomic E-state index is -5.43. The van der Waals surface area contributed by atoms with Crippen molar-refractivity contribution < 1.29 is 42.1 Å². The van der Waals surface area contributed by atoms with Crippen LogP contribution >= 0.6 is 11.8 Å². The molecule has 14 heteroatoms. The van der Waals surface area contributed by atoms with Gasteiger partial charge in [0.15, 0.2) is 11.3 Å². The summed E-state index contributed by atoms with van der Waals surface area (Å²) in [5.74, 6) is -5.67. The molecule has 0 aliphatic rings. The van der Waals surface area contributed by atoms with Crippen LogP contribution in [0.1, 0.15) is 22.5 Å². The molecule has 1 heterocycles. The number of nitrogens with two attached hydrogens (primary N) is 1. The molecule has 4 N–H and O–H groups in total. The summed E-state index contributed by atoms with van der Waals surface area (Å²) in [6.45, 7) is 0. The minimum absolute atomic E-state index is 0.00440. The zero-order valence-corrected chi connectivity index (χ0v) is 21.2. The molecule has 0 fully saturated rings. The highest BCUT2D eigenvalue weighted by atomic mass is 32.2. The SMILES string of the molecule is CSCCC(N)(C(=O)OOC(=O)C(F)(F)F)C(=O)c1ccc(NC(=O)Cc2cnc[nH]2)cc1-c1ccccc1. The highest BCUT2D eigenvalue weighted by Gasteiger charge is 2.48. The molecular formula is C25H23F3N4O6S. The Kier molecular flexibility index (Phi) is 9.48. The number of rotatable bonds is 10. The number of hydrogen-bond acceptors (Lipinski definition) is 9. The molecule has 0 saturated heterocycles. The lowest BCUT2D eigenvalue weighted by molar-refractivity contribution is -0.287. The Balaban J connectivity index is 1.96. The number of carbonyl (C=O) groups is 4. The Labute approximate surface area is 224 Å². The first-order valence-electron chi connectivity index (χ1n) is 11.2. The maximum atomic E-state index is 13.7. The number of nitrogens with zero attached hydrogens (tertiary/aromatic N) is 1. The fourth-order valence-electron chi connectivity index (χ4n) is 3.45. The van der Waals surface area contributed by atoms with Crippen molar-refractivity contribution in [2.24, 2.45) is 5.73 Å². The number of nitrogens with one attached hydrogen (secondary N) is 2. The third-order valence-corrected chi connectivity index (χ3v) is 6.05. The predicted octanol–water partition coefficient (Wildman–Crippen LogP) is 3.45. The molecule has 0 saturated carbocycles. The van der Waals surface area contributed by atoms with Crippen molar-refractivity contribution in [3.05, 3.63) is 72.3 Å². The number of imidazole rings is 1. The number of benzene rings is 2. The fraction of sp³-hybridized carbons (Fsp3) is 0.240. The summed E-state index contributed by atoms with van der Waals surface area (Å²) in [4.78, 5) is 64.3. The van der Waals surface area contributed by atoms with Crippen LogP contribution in [-0.2, 0) is 30.6 Å². The Hall–Kier alpha value is -4.17. The second-order valence-electron chi connectivity index (χ2n) is 8.21. The van der Waals surface area contributed by atoms with Gasteiger partial charge in [-0.05, 0) is 47.8 Å². The van der Waals surface area contributed by atoms with Gasteiger partial charge in [-0.2, -0.15) is 24.9 Å². The zero-order chi connectivity index (χ0) is 28.6. The number of aromatic nitrogens is 2. The standard InChI is InChI=1S/C25H23F3N4O6S/c1-39-10-9-24(29,22(35)37-38-23(36)25(26,27)28)21(34)18-8-7-16(11-19(18)15-5-3-2-4-6-15)32-20(33)12-17-13-30-14-31-17/h2-8,11,13-14H,9-10,12,29H2,1H3,(H,30,31)(H,32,33). The number of thioether (sulfide) groups is 1. The molecule has 0 bridgehead atoms. The average Bonchev–Trinajstić information content (AvgIpc) is 3.42. The van der Waals surface area contributed by atoms with Crippen LogP contribution < -0.4 is 11.1 Å².